The minimum absolute atomic E-state index is 0.765. The van der Waals surface area contributed by atoms with E-state index in [0.29, 0.717) is 0 Å². The third-order valence-corrected chi connectivity index (χ3v) is 4.48. The molecule has 0 bridgehead atoms. The van der Waals surface area contributed by atoms with Crippen LogP contribution in [0.5, 0.6) is 0 Å². The van der Waals surface area contributed by atoms with Gasteiger partial charge in [-0.3, -0.25) is 0 Å². The molecule has 0 atom stereocenters. The largest absolute Gasteiger partial charge is 0.345 e. The van der Waals surface area contributed by atoms with Crippen LogP contribution in [0.1, 0.15) is 51.3 Å². The summed E-state index contributed by atoms with van der Waals surface area (Å²) in [6.45, 7) is 10.0. The quantitative estimate of drug-likeness (QED) is 0.700. The highest BCUT2D eigenvalue weighted by Crippen LogP contribution is 2.34. The van der Waals surface area contributed by atoms with Crippen LogP contribution in [0, 0.1) is 5.92 Å². The molecule has 0 amide bonds. The van der Waals surface area contributed by atoms with Crippen LogP contribution in [0.3, 0.4) is 0 Å². The number of hydrogen-bond donors (Lipinski definition) is 1. The van der Waals surface area contributed by atoms with Gasteiger partial charge in [0, 0.05) is 30.2 Å². The van der Waals surface area contributed by atoms with Crippen molar-refractivity contribution in [2.24, 2.45) is 5.92 Å². The van der Waals surface area contributed by atoms with Gasteiger partial charge >= 0.3 is 0 Å². The third-order valence-electron chi connectivity index (χ3n) is 3.45. The molecule has 1 aliphatic carbocycles. The molecule has 1 fully saturated rings. The minimum atomic E-state index is 0.765. The van der Waals surface area contributed by atoms with Crippen LogP contribution in [-0.2, 0) is 6.54 Å². The predicted molar refractivity (Wildman–Crippen MR) is 83.9 cm³/mol. The summed E-state index contributed by atoms with van der Waals surface area (Å²) in [4.78, 5) is 8.53. The normalized spacial score (nSPS) is 15.2. The molecule has 0 aromatic carbocycles. The van der Waals surface area contributed by atoms with Gasteiger partial charge in [0.25, 0.3) is 0 Å². The summed E-state index contributed by atoms with van der Waals surface area (Å²) >= 11 is 1.86. The second-order valence-corrected chi connectivity index (χ2v) is 6.99. The van der Waals surface area contributed by atoms with Crippen LogP contribution < -0.4 is 10.2 Å². The Balaban J connectivity index is 1.89. The van der Waals surface area contributed by atoms with Gasteiger partial charge in [0.1, 0.15) is 0 Å². The molecular weight excluding hydrogens is 254 g/mol. The molecule has 4 heteroatoms. The Morgan fingerprint density at radius 2 is 2.26 bits per heavy atom. The average Bonchev–Trinajstić information content (AvgIpc) is 3.10. The summed E-state index contributed by atoms with van der Waals surface area (Å²) in [6.07, 6.45) is 7.20. The van der Waals surface area contributed by atoms with E-state index in [4.69, 9.17) is 0 Å². The monoisotopic (exact) mass is 281 g/mol. The fourth-order valence-electron chi connectivity index (χ4n) is 2.12. The first-order valence-electron chi connectivity index (χ1n) is 7.62. The first kappa shape index (κ1) is 14.8. The van der Waals surface area contributed by atoms with Gasteiger partial charge in [-0.05, 0) is 38.1 Å². The van der Waals surface area contributed by atoms with E-state index in [2.05, 4.69) is 36.0 Å². The van der Waals surface area contributed by atoms with Crippen LogP contribution in [0.25, 0.3) is 0 Å². The van der Waals surface area contributed by atoms with Gasteiger partial charge in [-0.1, -0.05) is 20.8 Å². The van der Waals surface area contributed by atoms with Gasteiger partial charge in [0.05, 0.1) is 0 Å². The molecule has 0 spiro atoms. The first-order chi connectivity index (χ1) is 9.20. The highest BCUT2D eigenvalue weighted by molar-refractivity contribution is 7.15. The lowest BCUT2D eigenvalue weighted by Gasteiger charge is -2.22. The lowest BCUT2D eigenvalue weighted by Crippen LogP contribution is -2.27. The number of nitrogens with zero attached hydrogens (tertiary/aromatic N) is 2. The Hall–Kier alpha value is -0.610. The Bertz CT molecular complexity index is 371. The molecular formula is C15H27N3S. The second kappa shape index (κ2) is 7.25. The molecule has 0 unspecified atom stereocenters. The van der Waals surface area contributed by atoms with Gasteiger partial charge in [-0.25, -0.2) is 4.98 Å². The SMILES string of the molecule is CCCNCc1cnc(N(CCC(C)C)C2CC2)s1. The van der Waals surface area contributed by atoms with Crippen LogP contribution in [0.15, 0.2) is 6.20 Å². The van der Waals surface area contributed by atoms with Gasteiger partial charge in [0.2, 0.25) is 0 Å². The van der Waals surface area contributed by atoms with Crippen molar-refractivity contribution in [3.8, 4) is 0 Å². The Morgan fingerprint density at radius 1 is 1.47 bits per heavy atom. The van der Waals surface area contributed by atoms with Crippen LogP contribution in [0.2, 0.25) is 0 Å². The van der Waals surface area contributed by atoms with E-state index >= 15 is 0 Å². The van der Waals surface area contributed by atoms with E-state index in [9.17, 15) is 0 Å². The van der Waals surface area contributed by atoms with Crippen LogP contribution in [0.4, 0.5) is 5.13 Å². The highest BCUT2D eigenvalue weighted by Gasteiger charge is 2.30. The molecule has 1 aromatic rings. The summed E-state index contributed by atoms with van der Waals surface area (Å²) < 4.78 is 0. The molecule has 1 N–H and O–H groups in total. The maximum Gasteiger partial charge on any atom is 0.185 e. The predicted octanol–water partition coefficient (Wildman–Crippen LogP) is 3.66. The van der Waals surface area contributed by atoms with Crippen molar-refractivity contribution in [2.75, 3.05) is 18.0 Å². The lowest BCUT2D eigenvalue weighted by atomic mass is 10.1. The van der Waals surface area contributed by atoms with Crippen LogP contribution >= 0.6 is 11.3 Å². The molecule has 0 aliphatic heterocycles. The summed E-state index contributed by atoms with van der Waals surface area (Å²) in [5, 5.41) is 4.68. The summed E-state index contributed by atoms with van der Waals surface area (Å²) in [7, 11) is 0. The molecule has 1 aliphatic rings. The van der Waals surface area contributed by atoms with Gasteiger partial charge in [-0.2, -0.15) is 0 Å². The molecule has 3 nitrogen and oxygen atoms in total. The number of rotatable bonds is 9. The first-order valence-corrected chi connectivity index (χ1v) is 8.44. The Morgan fingerprint density at radius 3 is 2.89 bits per heavy atom. The smallest absolute Gasteiger partial charge is 0.185 e. The third kappa shape index (κ3) is 4.77. The standard InChI is InChI=1S/C15H27N3S/c1-4-8-16-10-14-11-17-15(19-14)18(13-5-6-13)9-7-12(2)3/h11-13,16H,4-10H2,1-3H3. The fraction of sp³-hybridized carbons (Fsp3) is 0.800. The minimum Gasteiger partial charge on any atom is -0.345 e. The fourth-order valence-corrected chi connectivity index (χ4v) is 3.10. The van der Waals surface area contributed by atoms with Crippen molar-refractivity contribution in [3.63, 3.8) is 0 Å². The number of aromatic nitrogens is 1. The van der Waals surface area contributed by atoms with E-state index in [0.717, 1.165) is 31.6 Å². The number of thiazole rings is 1. The van der Waals surface area contributed by atoms with Crippen molar-refractivity contribution in [3.05, 3.63) is 11.1 Å². The zero-order valence-corrected chi connectivity index (χ0v) is 13.3. The molecule has 1 saturated carbocycles. The van der Waals surface area contributed by atoms with E-state index in [1.54, 1.807) is 0 Å². The van der Waals surface area contributed by atoms with Crippen LogP contribution in [-0.4, -0.2) is 24.1 Å². The van der Waals surface area contributed by atoms with Gasteiger partial charge in [0.15, 0.2) is 5.13 Å². The van der Waals surface area contributed by atoms with Crippen molar-refractivity contribution in [1.82, 2.24) is 10.3 Å². The molecule has 0 saturated heterocycles. The molecule has 1 aromatic heterocycles. The second-order valence-electron chi connectivity index (χ2n) is 5.89. The topological polar surface area (TPSA) is 28.2 Å². The Kier molecular flexibility index (Phi) is 5.64. The zero-order chi connectivity index (χ0) is 13.7. The van der Waals surface area contributed by atoms with Crippen molar-refractivity contribution < 1.29 is 0 Å². The number of anilines is 1. The lowest BCUT2D eigenvalue weighted by molar-refractivity contribution is 0.570. The highest BCUT2D eigenvalue weighted by atomic mass is 32.1. The summed E-state index contributed by atoms with van der Waals surface area (Å²) in [6, 6.07) is 0.765. The van der Waals surface area contributed by atoms with Crippen molar-refractivity contribution in [2.45, 2.75) is 59.0 Å². The zero-order valence-electron chi connectivity index (χ0n) is 12.5. The van der Waals surface area contributed by atoms with E-state index in [1.807, 2.05) is 17.5 Å². The van der Waals surface area contributed by atoms with Crippen molar-refractivity contribution in [1.29, 1.82) is 0 Å². The maximum absolute atomic E-state index is 4.64. The summed E-state index contributed by atoms with van der Waals surface area (Å²) in [5.41, 5.74) is 0. The number of hydrogen-bond acceptors (Lipinski definition) is 4. The summed E-state index contributed by atoms with van der Waals surface area (Å²) in [5.74, 6) is 0.770. The van der Waals surface area contributed by atoms with E-state index in [1.165, 1.54) is 35.7 Å². The molecule has 2 rings (SSSR count). The maximum atomic E-state index is 4.64. The van der Waals surface area contributed by atoms with Gasteiger partial charge in [-0.15, -0.1) is 11.3 Å². The van der Waals surface area contributed by atoms with Gasteiger partial charge < -0.3 is 10.2 Å². The van der Waals surface area contributed by atoms with Crippen molar-refractivity contribution >= 4 is 16.5 Å². The molecule has 108 valence electrons. The molecule has 1 heterocycles. The Labute approximate surface area is 121 Å². The van der Waals surface area contributed by atoms with E-state index in [-0.39, 0.29) is 0 Å². The van der Waals surface area contributed by atoms with E-state index < -0.39 is 0 Å². The molecule has 0 radical (unpaired) electrons. The molecule has 19 heavy (non-hydrogen) atoms. The average molecular weight is 281 g/mol. The number of nitrogens with one attached hydrogen (secondary N) is 1.